The van der Waals surface area contributed by atoms with E-state index in [2.05, 4.69) is 21.8 Å². The number of aromatic amines is 1. The lowest BCUT2D eigenvalue weighted by Gasteiger charge is -2.36. The van der Waals surface area contributed by atoms with Crippen molar-refractivity contribution in [3.05, 3.63) is 40.3 Å². The molecule has 0 saturated carbocycles. The molecular weight excluding hydrogens is 264 g/mol. The molecule has 1 fully saturated rings. The monoisotopic (exact) mass is 286 g/mol. The number of nitrogens with zero attached hydrogens (tertiary/aromatic N) is 2. The zero-order valence-corrected chi connectivity index (χ0v) is 12.4. The summed E-state index contributed by atoms with van der Waals surface area (Å²) in [4.78, 5) is 21.9. The fraction of sp³-hybridized carbons (Fsp3) is 0.500. The number of hydrogen-bond donors (Lipinski definition) is 2. The molecule has 1 aromatic heterocycles. The van der Waals surface area contributed by atoms with E-state index in [4.69, 9.17) is 5.73 Å². The van der Waals surface area contributed by atoms with Crippen molar-refractivity contribution in [3.63, 3.8) is 0 Å². The van der Waals surface area contributed by atoms with Crippen LogP contribution >= 0.6 is 0 Å². The molecule has 0 bridgehead atoms. The van der Waals surface area contributed by atoms with Crippen molar-refractivity contribution in [2.24, 2.45) is 17.6 Å². The summed E-state index contributed by atoms with van der Waals surface area (Å²) < 4.78 is 0. The summed E-state index contributed by atoms with van der Waals surface area (Å²) in [6.07, 6.45) is 1.13. The summed E-state index contributed by atoms with van der Waals surface area (Å²) in [7, 11) is 0. The number of nitrogens with two attached hydrogens (primary N) is 1. The Labute approximate surface area is 124 Å². The van der Waals surface area contributed by atoms with Gasteiger partial charge < -0.3 is 10.7 Å². The second-order valence-corrected chi connectivity index (χ2v) is 6.03. The van der Waals surface area contributed by atoms with E-state index >= 15 is 0 Å². The first-order chi connectivity index (χ1) is 10.2. The Hall–Kier alpha value is -1.72. The Morgan fingerprint density at radius 2 is 2.24 bits per heavy atom. The molecule has 3 rings (SSSR count). The molecule has 0 aliphatic carbocycles. The van der Waals surface area contributed by atoms with Crippen molar-refractivity contribution in [1.29, 1.82) is 0 Å². The standard InChI is InChI=1S/C16H22N4O/c1-11-6-7-20(9-12(11)8-17)10-15-16(21)19-14-5-3-2-4-13(14)18-15/h2-5,11-12H,6-10,17H2,1H3,(H,19,21). The van der Waals surface area contributed by atoms with Gasteiger partial charge in [0.1, 0.15) is 5.69 Å². The number of piperidine rings is 1. The van der Waals surface area contributed by atoms with Crippen molar-refractivity contribution in [2.75, 3.05) is 19.6 Å². The number of likely N-dealkylation sites (tertiary alicyclic amines) is 1. The third kappa shape index (κ3) is 2.99. The predicted octanol–water partition coefficient (Wildman–Crippen LogP) is 1.34. The molecule has 5 nitrogen and oxygen atoms in total. The van der Waals surface area contributed by atoms with Crippen LogP contribution in [0.4, 0.5) is 0 Å². The van der Waals surface area contributed by atoms with Crippen LogP contribution in [0.1, 0.15) is 19.0 Å². The topological polar surface area (TPSA) is 75.0 Å². The molecule has 2 unspecified atom stereocenters. The summed E-state index contributed by atoms with van der Waals surface area (Å²) in [6, 6.07) is 7.64. The highest BCUT2D eigenvalue weighted by molar-refractivity contribution is 5.73. The zero-order chi connectivity index (χ0) is 14.8. The van der Waals surface area contributed by atoms with E-state index in [9.17, 15) is 4.79 Å². The van der Waals surface area contributed by atoms with Crippen molar-refractivity contribution < 1.29 is 0 Å². The molecule has 1 aliphatic heterocycles. The molecular formula is C16H22N4O. The number of H-pyrrole nitrogens is 1. The van der Waals surface area contributed by atoms with E-state index < -0.39 is 0 Å². The molecule has 2 heterocycles. The SMILES string of the molecule is CC1CCN(Cc2nc3ccccc3[nH]c2=O)CC1CN. The normalized spacial score (nSPS) is 23.5. The van der Waals surface area contributed by atoms with Gasteiger partial charge in [-0.2, -0.15) is 0 Å². The van der Waals surface area contributed by atoms with E-state index in [1.165, 1.54) is 0 Å². The molecule has 0 amide bonds. The van der Waals surface area contributed by atoms with Crippen LogP contribution in [0.3, 0.4) is 0 Å². The van der Waals surface area contributed by atoms with Crippen molar-refractivity contribution in [1.82, 2.24) is 14.9 Å². The highest BCUT2D eigenvalue weighted by atomic mass is 16.1. The van der Waals surface area contributed by atoms with Gasteiger partial charge >= 0.3 is 0 Å². The highest BCUT2D eigenvalue weighted by Gasteiger charge is 2.25. The van der Waals surface area contributed by atoms with E-state index in [0.29, 0.717) is 30.6 Å². The molecule has 2 atom stereocenters. The molecule has 2 aromatic rings. The average molecular weight is 286 g/mol. The van der Waals surface area contributed by atoms with Crippen LogP contribution in [0, 0.1) is 11.8 Å². The third-order valence-electron chi connectivity index (χ3n) is 4.54. The van der Waals surface area contributed by atoms with Gasteiger partial charge in [-0.05, 0) is 43.5 Å². The molecule has 1 aromatic carbocycles. The Morgan fingerprint density at radius 1 is 1.43 bits per heavy atom. The molecule has 3 N–H and O–H groups in total. The average Bonchev–Trinajstić information content (AvgIpc) is 2.50. The molecule has 1 saturated heterocycles. The van der Waals surface area contributed by atoms with Crippen LogP contribution in [-0.2, 0) is 6.54 Å². The third-order valence-corrected chi connectivity index (χ3v) is 4.54. The quantitative estimate of drug-likeness (QED) is 0.893. The second-order valence-electron chi connectivity index (χ2n) is 6.03. The minimum atomic E-state index is -0.0865. The van der Waals surface area contributed by atoms with Crippen molar-refractivity contribution >= 4 is 11.0 Å². The van der Waals surface area contributed by atoms with Crippen molar-refractivity contribution in [2.45, 2.75) is 19.9 Å². The summed E-state index contributed by atoms with van der Waals surface area (Å²) in [5.41, 5.74) is 7.98. The van der Waals surface area contributed by atoms with Crippen molar-refractivity contribution in [3.8, 4) is 0 Å². The van der Waals surface area contributed by atoms with Gasteiger partial charge in [-0.25, -0.2) is 4.98 Å². The maximum absolute atomic E-state index is 12.2. The van der Waals surface area contributed by atoms with Gasteiger partial charge in [-0.15, -0.1) is 0 Å². The molecule has 5 heteroatoms. The van der Waals surface area contributed by atoms with Gasteiger partial charge in [-0.3, -0.25) is 9.69 Å². The van der Waals surface area contributed by atoms with E-state index in [0.717, 1.165) is 30.5 Å². The van der Waals surface area contributed by atoms with Crippen LogP contribution in [0.2, 0.25) is 0 Å². The number of para-hydroxylation sites is 2. The molecule has 0 spiro atoms. The molecule has 21 heavy (non-hydrogen) atoms. The summed E-state index contributed by atoms with van der Waals surface area (Å²) >= 11 is 0. The van der Waals surface area contributed by atoms with Gasteiger partial charge in [-0.1, -0.05) is 19.1 Å². The second kappa shape index (κ2) is 5.95. The number of aromatic nitrogens is 2. The maximum Gasteiger partial charge on any atom is 0.271 e. The molecule has 1 aliphatic rings. The molecule has 112 valence electrons. The Morgan fingerprint density at radius 3 is 3.05 bits per heavy atom. The smallest absolute Gasteiger partial charge is 0.271 e. The van der Waals surface area contributed by atoms with Gasteiger partial charge in [0.2, 0.25) is 0 Å². The first kappa shape index (κ1) is 14.2. The van der Waals surface area contributed by atoms with Crippen LogP contribution in [0.5, 0.6) is 0 Å². The predicted molar refractivity (Wildman–Crippen MR) is 84.0 cm³/mol. The summed E-state index contributed by atoms with van der Waals surface area (Å²) in [5.74, 6) is 1.17. The van der Waals surface area contributed by atoms with Gasteiger partial charge in [0.15, 0.2) is 0 Å². The minimum absolute atomic E-state index is 0.0865. The lowest BCUT2D eigenvalue weighted by molar-refractivity contribution is 0.124. The number of hydrogen-bond acceptors (Lipinski definition) is 4. The minimum Gasteiger partial charge on any atom is -0.330 e. The van der Waals surface area contributed by atoms with Crippen LogP contribution in [0.25, 0.3) is 11.0 Å². The number of benzene rings is 1. The van der Waals surface area contributed by atoms with Crippen LogP contribution < -0.4 is 11.3 Å². The molecule has 0 radical (unpaired) electrons. The maximum atomic E-state index is 12.2. The number of rotatable bonds is 3. The first-order valence-electron chi connectivity index (χ1n) is 7.57. The van der Waals surface area contributed by atoms with E-state index in [1.54, 1.807) is 0 Å². The van der Waals surface area contributed by atoms with E-state index in [-0.39, 0.29) is 5.56 Å². The fourth-order valence-corrected chi connectivity index (χ4v) is 3.06. The fourth-order valence-electron chi connectivity index (χ4n) is 3.06. The highest BCUT2D eigenvalue weighted by Crippen LogP contribution is 2.22. The van der Waals surface area contributed by atoms with Gasteiger partial charge in [0.05, 0.1) is 11.0 Å². The lowest BCUT2D eigenvalue weighted by atomic mass is 9.87. The Balaban J connectivity index is 1.81. The van der Waals surface area contributed by atoms with E-state index in [1.807, 2.05) is 24.3 Å². The van der Waals surface area contributed by atoms with Gasteiger partial charge in [0, 0.05) is 13.1 Å². The number of fused-ring (bicyclic) bond motifs is 1. The lowest BCUT2D eigenvalue weighted by Crippen LogP contribution is -2.43. The number of nitrogens with one attached hydrogen (secondary N) is 1. The Bertz CT molecular complexity index is 681. The van der Waals surface area contributed by atoms with Crippen LogP contribution in [-0.4, -0.2) is 34.5 Å². The largest absolute Gasteiger partial charge is 0.330 e. The van der Waals surface area contributed by atoms with Gasteiger partial charge in [0.25, 0.3) is 5.56 Å². The Kier molecular flexibility index (Phi) is 4.03. The summed E-state index contributed by atoms with van der Waals surface area (Å²) in [5, 5.41) is 0. The van der Waals surface area contributed by atoms with Crippen LogP contribution in [0.15, 0.2) is 29.1 Å². The summed E-state index contributed by atoms with van der Waals surface area (Å²) in [6.45, 7) is 5.52. The zero-order valence-electron chi connectivity index (χ0n) is 12.4. The first-order valence-corrected chi connectivity index (χ1v) is 7.57.